The minimum atomic E-state index is -1.35. The maximum Gasteiger partial charge on any atom is 0.309 e. The van der Waals surface area contributed by atoms with Gasteiger partial charge in [-0.1, -0.05) is 36.4 Å². The van der Waals surface area contributed by atoms with Crippen LogP contribution in [0, 0.1) is 0 Å². The third-order valence-corrected chi connectivity index (χ3v) is 5.88. The quantitative estimate of drug-likeness (QED) is 0.533. The molecule has 0 saturated heterocycles. The summed E-state index contributed by atoms with van der Waals surface area (Å²) in [6, 6.07) is 15.2. The molecule has 7 heteroatoms. The second kappa shape index (κ2) is 8.94. The monoisotopic (exact) mass is 400 g/mol. The van der Waals surface area contributed by atoms with Gasteiger partial charge in [-0.15, -0.1) is 11.3 Å². The molecule has 0 aliphatic carbocycles. The zero-order valence-corrected chi connectivity index (χ0v) is 16.2. The van der Waals surface area contributed by atoms with Crippen LogP contribution >= 0.6 is 22.7 Å². The Bertz CT molecular complexity index is 828. The highest BCUT2D eigenvalue weighted by Crippen LogP contribution is 2.33. The maximum absolute atomic E-state index is 12.1. The summed E-state index contributed by atoms with van der Waals surface area (Å²) in [5.41, 5.74) is 0.427. The molecule has 0 aliphatic heterocycles. The van der Waals surface area contributed by atoms with Gasteiger partial charge in [-0.3, -0.25) is 9.59 Å². The lowest BCUT2D eigenvalue weighted by molar-refractivity contribution is -0.139. The van der Waals surface area contributed by atoms with Gasteiger partial charge in [0.05, 0.1) is 6.54 Å². The number of hydrogen-bond acceptors (Lipinski definition) is 5. The Kier molecular flexibility index (Phi) is 6.39. The van der Waals surface area contributed by atoms with Gasteiger partial charge in [-0.25, -0.2) is 0 Å². The second-order valence-corrected chi connectivity index (χ2v) is 7.75. The molecule has 0 aliphatic rings. The van der Waals surface area contributed by atoms with Crippen molar-refractivity contribution in [1.29, 1.82) is 0 Å². The van der Waals surface area contributed by atoms with Crippen LogP contribution in [0.25, 0.3) is 0 Å². The number of nitrogens with one attached hydrogen (secondary N) is 2. The summed E-state index contributed by atoms with van der Waals surface area (Å²) in [4.78, 5) is 24.9. The third kappa shape index (κ3) is 4.82. The van der Waals surface area contributed by atoms with Gasteiger partial charge >= 0.3 is 11.8 Å². The largest absolute Gasteiger partial charge is 0.378 e. The molecule has 0 spiro atoms. The van der Waals surface area contributed by atoms with E-state index in [0.717, 1.165) is 5.56 Å². The van der Waals surface area contributed by atoms with E-state index in [1.165, 1.54) is 22.7 Å². The molecule has 2 heterocycles. The first-order valence-corrected chi connectivity index (χ1v) is 10.3. The van der Waals surface area contributed by atoms with Crippen LogP contribution in [0.1, 0.15) is 16.0 Å². The predicted molar refractivity (Wildman–Crippen MR) is 108 cm³/mol. The summed E-state index contributed by atoms with van der Waals surface area (Å²) < 4.78 is 0. The Morgan fingerprint density at radius 3 is 2.41 bits per heavy atom. The molecule has 0 bridgehead atoms. The number of carbonyl (C=O) groups excluding carboxylic acids is 2. The van der Waals surface area contributed by atoms with Crippen molar-refractivity contribution in [2.24, 2.45) is 0 Å². The third-order valence-electron chi connectivity index (χ3n) is 4.18. The first-order valence-electron chi connectivity index (χ1n) is 8.48. The van der Waals surface area contributed by atoms with E-state index in [-0.39, 0.29) is 6.54 Å². The summed E-state index contributed by atoms with van der Waals surface area (Å²) in [6.45, 7) is 0.297. The van der Waals surface area contributed by atoms with Crippen LogP contribution in [-0.4, -0.2) is 30.0 Å². The topological polar surface area (TPSA) is 78.4 Å². The highest BCUT2D eigenvalue weighted by molar-refractivity contribution is 7.10. The number of benzene rings is 1. The number of rotatable bonds is 7. The fourth-order valence-electron chi connectivity index (χ4n) is 2.68. The highest BCUT2D eigenvalue weighted by atomic mass is 32.1. The molecule has 5 nitrogen and oxygen atoms in total. The van der Waals surface area contributed by atoms with E-state index in [9.17, 15) is 14.7 Å². The number of amides is 2. The number of thiophene rings is 2. The summed E-state index contributed by atoms with van der Waals surface area (Å²) in [6.07, 6.45) is 0.647. The van der Waals surface area contributed by atoms with Crippen molar-refractivity contribution in [2.45, 2.75) is 12.0 Å². The average Bonchev–Trinajstić information content (AvgIpc) is 3.41. The minimum absolute atomic E-state index is 0.0742. The van der Waals surface area contributed by atoms with Gasteiger partial charge in [0.15, 0.2) is 0 Å². The normalized spacial score (nSPS) is 12.9. The van der Waals surface area contributed by atoms with E-state index in [1.807, 2.05) is 64.7 Å². The molecule has 1 atom stereocenters. The van der Waals surface area contributed by atoms with Crippen molar-refractivity contribution in [3.05, 3.63) is 80.7 Å². The molecule has 2 aromatic heterocycles. The molecule has 3 rings (SSSR count). The fourth-order valence-corrected chi connectivity index (χ4v) is 4.25. The van der Waals surface area contributed by atoms with Crippen LogP contribution in [0.5, 0.6) is 0 Å². The Morgan fingerprint density at radius 2 is 1.74 bits per heavy atom. The number of hydrogen-bond donors (Lipinski definition) is 3. The molecule has 3 N–H and O–H groups in total. The Balaban J connectivity index is 1.55. The van der Waals surface area contributed by atoms with Gasteiger partial charge in [0.2, 0.25) is 0 Å². The van der Waals surface area contributed by atoms with Crippen LogP contribution in [0.2, 0.25) is 0 Å². The highest BCUT2D eigenvalue weighted by Gasteiger charge is 2.34. The standard InChI is InChI=1S/C20H20N2O3S2/c23-18(21-10-8-15-5-2-1-3-6-15)19(24)22-14-20(25,16-9-12-26-13-16)17-7-4-11-27-17/h1-7,9,11-13,25H,8,10,14H2,(H,21,23)(H,22,24). The number of carbonyl (C=O) groups is 2. The van der Waals surface area contributed by atoms with Crippen LogP contribution in [0.4, 0.5) is 0 Å². The first kappa shape index (κ1) is 19.3. The van der Waals surface area contributed by atoms with Gasteiger partial charge in [0, 0.05) is 17.0 Å². The molecule has 0 saturated carbocycles. The van der Waals surface area contributed by atoms with Crippen molar-refractivity contribution in [3.8, 4) is 0 Å². The molecule has 2 amide bonds. The molecule has 140 valence electrons. The first-order chi connectivity index (χ1) is 13.1. The van der Waals surface area contributed by atoms with Gasteiger partial charge in [0.1, 0.15) is 5.60 Å². The van der Waals surface area contributed by atoms with Crippen LogP contribution in [0.3, 0.4) is 0 Å². The summed E-state index contributed by atoms with van der Waals surface area (Å²) in [5.74, 6) is -1.46. The van der Waals surface area contributed by atoms with E-state index in [0.29, 0.717) is 23.4 Å². The van der Waals surface area contributed by atoms with E-state index in [4.69, 9.17) is 0 Å². The molecular formula is C20H20N2O3S2. The molecule has 1 unspecified atom stereocenters. The Labute approximate surface area is 165 Å². The lowest BCUT2D eigenvalue weighted by Gasteiger charge is -2.26. The van der Waals surface area contributed by atoms with E-state index >= 15 is 0 Å². The molecule has 1 aromatic carbocycles. The summed E-state index contributed by atoms with van der Waals surface area (Å²) in [7, 11) is 0. The zero-order chi connectivity index (χ0) is 19.1. The smallest absolute Gasteiger partial charge is 0.309 e. The Morgan fingerprint density at radius 1 is 0.963 bits per heavy atom. The van der Waals surface area contributed by atoms with Crippen molar-refractivity contribution in [1.82, 2.24) is 10.6 Å². The van der Waals surface area contributed by atoms with Crippen LogP contribution in [-0.2, 0) is 21.6 Å². The SMILES string of the molecule is O=C(NCCc1ccccc1)C(=O)NCC(O)(c1ccsc1)c1cccs1. The van der Waals surface area contributed by atoms with Crippen molar-refractivity contribution in [3.63, 3.8) is 0 Å². The molecule has 27 heavy (non-hydrogen) atoms. The van der Waals surface area contributed by atoms with Gasteiger partial charge < -0.3 is 15.7 Å². The van der Waals surface area contributed by atoms with Gasteiger partial charge in [-0.05, 0) is 40.3 Å². The second-order valence-electron chi connectivity index (χ2n) is 6.02. The molecule has 0 radical (unpaired) electrons. The maximum atomic E-state index is 12.1. The average molecular weight is 401 g/mol. The summed E-state index contributed by atoms with van der Waals surface area (Å²) in [5, 5.41) is 21.9. The lowest BCUT2D eigenvalue weighted by Crippen LogP contribution is -2.46. The van der Waals surface area contributed by atoms with Crippen molar-refractivity contribution < 1.29 is 14.7 Å². The summed E-state index contributed by atoms with van der Waals surface area (Å²) >= 11 is 2.87. The molecule has 0 fully saturated rings. The Hall–Kier alpha value is -2.48. The lowest BCUT2D eigenvalue weighted by atomic mass is 9.94. The van der Waals surface area contributed by atoms with E-state index < -0.39 is 17.4 Å². The zero-order valence-electron chi connectivity index (χ0n) is 14.6. The minimum Gasteiger partial charge on any atom is -0.378 e. The van der Waals surface area contributed by atoms with Crippen LogP contribution < -0.4 is 10.6 Å². The predicted octanol–water partition coefficient (Wildman–Crippen LogP) is 2.52. The van der Waals surface area contributed by atoms with E-state index in [1.54, 1.807) is 0 Å². The van der Waals surface area contributed by atoms with Gasteiger partial charge in [-0.2, -0.15) is 11.3 Å². The molecular weight excluding hydrogens is 380 g/mol. The number of aliphatic hydroxyl groups is 1. The van der Waals surface area contributed by atoms with E-state index in [2.05, 4.69) is 10.6 Å². The van der Waals surface area contributed by atoms with Crippen LogP contribution in [0.15, 0.2) is 64.7 Å². The van der Waals surface area contributed by atoms with Gasteiger partial charge in [0.25, 0.3) is 0 Å². The fraction of sp³-hybridized carbons (Fsp3) is 0.200. The molecule has 3 aromatic rings. The van der Waals surface area contributed by atoms with Crippen molar-refractivity contribution >= 4 is 34.5 Å². The van der Waals surface area contributed by atoms with Crippen molar-refractivity contribution in [2.75, 3.05) is 13.1 Å².